The molecule has 1 aliphatic heterocycles. The van der Waals surface area contributed by atoms with Gasteiger partial charge in [0.05, 0.1) is 13.2 Å². The number of aliphatic hydroxyl groups excluding tert-OH is 3. The zero-order valence-corrected chi connectivity index (χ0v) is 19.4. The summed E-state index contributed by atoms with van der Waals surface area (Å²) in [5.41, 5.74) is 0. The molecule has 0 radical (unpaired) electrons. The molecule has 1 heterocycles. The van der Waals surface area contributed by atoms with Crippen LogP contribution in [-0.4, -0.2) is 59.6 Å². The summed E-state index contributed by atoms with van der Waals surface area (Å²) in [6, 6.07) is 0. The van der Waals surface area contributed by atoms with Gasteiger partial charge in [-0.15, -0.1) is 0 Å². The van der Waals surface area contributed by atoms with Gasteiger partial charge in [-0.3, -0.25) is 0 Å². The Bertz CT molecular complexity index is 401. The second-order valence-corrected chi connectivity index (χ2v) is 8.79. The van der Waals surface area contributed by atoms with Crippen molar-refractivity contribution in [3.05, 3.63) is 12.2 Å². The molecule has 178 valence electrons. The largest absolute Gasteiger partial charge is 0.388 e. The predicted octanol–water partition coefficient (Wildman–Crippen LogP) is 4.91. The van der Waals surface area contributed by atoms with E-state index in [-0.39, 0.29) is 13.2 Å². The highest BCUT2D eigenvalue weighted by atomic mass is 16.5. The van der Waals surface area contributed by atoms with Crippen molar-refractivity contribution in [2.45, 2.75) is 128 Å². The molecule has 0 aromatic heterocycles. The smallest absolute Gasteiger partial charge is 0.114 e. The van der Waals surface area contributed by atoms with Gasteiger partial charge < -0.3 is 24.8 Å². The summed E-state index contributed by atoms with van der Waals surface area (Å²) in [7, 11) is 0. The van der Waals surface area contributed by atoms with Crippen molar-refractivity contribution in [2.24, 2.45) is 0 Å². The number of ether oxygens (including phenoxy) is 2. The summed E-state index contributed by atoms with van der Waals surface area (Å²) in [6.45, 7) is 3.07. The van der Waals surface area contributed by atoms with Crippen LogP contribution < -0.4 is 0 Å². The molecule has 1 fully saturated rings. The summed E-state index contributed by atoms with van der Waals surface area (Å²) in [5.74, 6) is 0. The zero-order chi connectivity index (χ0) is 21.9. The molecule has 0 aromatic carbocycles. The number of hydrogen-bond acceptors (Lipinski definition) is 5. The third-order valence-corrected chi connectivity index (χ3v) is 5.91. The van der Waals surface area contributed by atoms with Gasteiger partial charge in [0.1, 0.15) is 24.4 Å². The Balaban J connectivity index is 1.78. The lowest BCUT2D eigenvalue weighted by atomic mass is 10.1. The molecule has 0 spiro atoms. The van der Waals surface area contributed by atoms with Crippen LogP contribution in [0.4, 0.5) is 0 Å². The summed E-state index contributed by atoms with van der Waals surface area (Å²) < 4.78 is 10.7. The lowest BCUT2D eigenvalue weighted by Crippen LogP contribution is -2.40. The highest BCUT2D eigenvalue weighted by Crippen LogP contribution is 2.18. The summed E-state index contributed by atoms with van der Waals surface area (Å²) in [6.07, 6.45) is 20.5. The zero-order valence-electron chi connectivity index (χ0n) is 19.4. The first-order valence-corrected chi connectivity index (χ1v) is 12.5. The van der Waals surface area contributed by atoms with Crippen molar-refractivity contribution in [2.75, 3.05) is 19.8 Å². The van der Waals surface area contributed by atoms with Crippen molar-refractivity contribution in [3.8, 4) is 0 Å². The van der Waals surface area contributed by atoms with Gasteiger partial charge in [-0.2, -0.15) is 0 Å². The molecule has 30 heavy (non-hydrogen) atoms. The van der Waals surface area contributed by atoms with E-state index in [1.807, 2.05) is 0 Å². The Labute approximate surface area is 184 Å². The molecule has 0 unspecified atom stereocenters. The van der Waals surface area contributed by atoms with Crippen LogP contribution >= 0.6 is 0 Å². The van der Waals surface area contributed by atoms with E-state index in [4.69, 9.17) is 9.47 Å². The molecule has 1 saturated heterocycles. The minimum atomic E-state index is -1.03. The van der Waals surface area contributed by atoms with Gasteiger partial charge in [-0.1, -0.05) is 83.3 Å². The second-order valence-electron chi connectivity index (χ2n) is 8.79. The van der Waals surface area contributed by atoms with Crippen LogP contribution in [0.5, 0.6) is 0 Å². The molecule has 0 aliphatic carbocycles. The minimum absolute atomic E-state index is 0.0651. The van der Waals surface area contributed by atoms with Crippen molar-refractivity contribution < 1.29 is 24.8 Å². The van der Waals surface area contributed by atoms with Gasteiger partial charge in [-0.05, 0) is 32.1 Å². The molecule has 0 saturated carbocycles. The van der Waals surface area contributed by atoms with E-state index < -0.39 is 24.4 Å². The Hall–Kier alpha value is -0.460. The first kappa shape index (κ1) is 27.6. The van der Waals surface area contributed by atoms with E-state index in [2.05, 4.69) is 19.1 Å². The number of hydrogen-bond donors (Lipinski definition) is 3. The number of aliphatic hydroxyl groups is 3. The van der Waals surface area contributed by atoms with Crippen LogP contribution in [0.3, 0.4) is 0 Å². The van der Waals surface area contributed by atoms with E-state index in [9.17, 15) is 15.3 Å². The minimum Gasteiger partial charge on any atom is -0.388 e. The summed E-state index contributed by atoms with van der Waals surface area (Å²) >= 11 is 0. The second kappa shape index (κ2) is 19.2. The SMILES string of the molecule is CCCCCCCCCCCC/C=C/CCCCCOC[C@H](O)[C@H]1OC[C@@H](O)[C@H]1O. The standard InChI is InChI=1S/C25H48O5/c1-2-3-4-5-6-7-8-9-10-11-12-13-14-15-16-17-18-19-29-20-23(27)25-24(28)22(26)21-30-25/h13-14,22-28H,2-12,15-21H2,1H3/b14-13+/t22-,23+,24-,25-/m1/s1. The first-order chi connectivity index (χ1) is 14.7. The molecular formula is C25H48O5. The van der Waals surface area contributed by atoms with Crippen LogP contribution in [0, 0.1) is 0 Å². The van der Waals surface area contributed by atoms with Crippen LogP contribution in [0.15, 0.2) is 12.2 Å². The molecule has 0 bridgehead atoms. The van der Waals surface area contributed by atoms with Crippen LogP contribution in [0.25, 0.3) is 0 Å². The average Bonchev–Trinajstić information content (AvgIpc) is 3.08. The van der Waals surface area contributed by atoms with Gasteiger partial charge in [0, 0.05) is 6.61 Å². The van der Waals surface area contributed by atoms with Gasteiger partial charge >= 0.3 is 0 Å². The van der Waals surface area contributed by atoms with Crippen LogP contribution in [0.2, 0.25) is 0 Å². The normalized spacial score (nSPS) is 22.9. The Kier molecular flexibility index (Phi) is 17.7. The maximum Gasteiger partial charge on any atom is 0.114 e. The van der Waals surface area contributed by atoms with Gasteiger partial charge in [0.2, 0.25) is 0 Å². The van der Waals surface area contributed by atoms with E-state index in [1.54, 1.807) is 0 Å². The Morgan fingerprint density at radius 2 is 1.37 bits per heavy atom. The van der Waals surface area contributed by atoms with Crippen molar-refractivity contribution in [1.82, 2.24) is 0 Å². The predicted molar refractivity (Wildman–Crippen MR) is 123 cm³/mol. The molecular weight excluding hydrogens is 380 g/mol. The molecule has 0 aromatic rings. The molecule has 4 atom stereocenters. The maximum absolute atomic E-state index is 9.95. The van der Waals surface area contributed by atoms with Crippen molar-refractivity contribution in [1.29, 1.82) is 0 Å². The first-order valence-electron chi connectivity index (χ1n) is 12.5. The van der Waals surface area contributed by atoms with E-state index in [1.165, 1.54) is 70.6 Å². The van der Waals surface area contributed by atoms with Gasteiger partial charge in [0.15, 0.2) is 0 Å². The third-order valence-electron chi connectivity index (χ3n) is 5.91. The van der Waals surface area contributed by atoms with E-state index >= 15 is 0 Å². The molecule has 0 amide bonds. The maximum atomic E-state index is 9.95. The topological polar surface area (TPSA) is 79.2 Å². The summed E-state index contributed by atoms with van der Waals surface area (Å²) in [5, 5.41) is 29.1. The molecule has 1 aliphatic rings. The summed E-state index contributed by atoms with van der Waals surface area (Å²) in [4.78, 5) is 0. The highest BCUT2D eigenvalue weighted by molar-refractivity contribution is 4.87. The Morgan fingerprint density at radius 1 is 0.833 bits per heavy atom. The third kappa shape index (κ3) is 13.8. The lowest BCUT2D eigenvalue weighted by molar-refractivity contribution is -0.0813. The van der Waals surface area contributed by atoms with Crippen molar-refractivity contribution >= 4 is 0 Å². The van der Waals surface area contributed by atoms with Gasteiger partial charge in [0.25, 0.3) is 0 Å². The quantitative estimate of drug-likeness (QED) is 0.190. The molecule has 5 heteroatoms. The molecule has 1 rings (SSSR count). The van der Waals surface area contributed by atoms with E-state index in [0.29, 0.717) is 6.61 Å². The van der Waals surface area contributed by atoms with Crippen LogP contribution in [-0.2, 0) is 9.47 Å². The number of allylic oxidation sites excluding steroid dienone is 2. The molecule has 5 nitrogen and oxygen atoms in total. The highest BCUT2D eigenvalue weighted by Gasteiger charge is 2.39. The Morgan fingerprint density at radius 3 is 1.90 bits per heavy atom. The average molecular weight is 429 g/mol. The van der Waals surface area contributed by atoms with Gasteiger partial charge in [-0.25, -0.2) is 0 Å². The number of unbranched alkanes of at least 4 members (excludes halogenated alkanes) is 13. The fourth-order valence-electron chi connectivity index (χ4n) is 3.89. The lowest BCUT2D eigenvalue weighted by Gasteiger charge is -2.20. The fraction of sp³-hybridized carbons (Fsp3) is 0.920. The molecule has 3 N–H and O–H groups in total. The van der Waals surface area contributed by atoms with Crippen LogP contribution in [0.1, 0.15) is 103 Å². The van der Waals surface area contributed by atoms with E-state index in [0.717, 1.165) is 25.7 Å². The fourth-order valence-corrected chi connectivity index (χ4v) is 3.89. The van der Waals surface area contributed by atoms with Crippen molar-refractivity contribution in [3.63, 3.8) is 0 Å². The monoisotopic (exact) mass is 428 g/mol. The number of rotatable bonds is 20.